The van der Waals surface area contributed by atoms with E-state index in [9.17, 15) is 14.4 Å². The third kappa shape index (κ3) is 5.31. The summed E-state index contributed by atoms with van der Waals surface area (Å²) in [6, 6.07) is 13.8. The Morgan fingerprint density at radius 2 is 1.80 bits per heavy atom. The molecule has 0 amide bonds. The summed E-state index contributed by atoms with van der Waals surface area (Å²) in [4.78, 5) is 43.6. The van der Waals surface area contributed by atoms with Crippen LogP contribution < -0.4 is 10.3 Å². The number of nitrogens with one attached hydrogen (secondary N) is 1. The predicted octanol–water partition coefficient (Wildman–Crippen LogP) is 3.98. The Labute approximate surface area is 174 Å². The molecule has 1 heterocycles. The number of fused-ring (bicyclic) bond motifs is 1. The van der Waals surface area contributed by atoms with Crippen LogP contribution in [0.4, 0.5) is 0 Å². The van der Waals surface area contributed by atoms with E-state index in [1.54, 1.807) is 55.5 Å². The molecule has 0 fully saturated rings. The number of rotatable bonds is 9. The molecule has 0 aliphatic carbocycles. The average molecular weight is 408 g/mol. The lowest BCUT2D eigenvalue weighted by molar-refractivity contribution is -0.148. The summed E-state index contributed by atoms with van der Waals surface area (Å²) in [5, 5.41) is 0.469. The minimum absolute atomic E-state index is 0.0301. The first-order chi connectivity index (χ1) is 14.5. The Hall–Kier alpha value is -3.48. The monoisotopic (exact) mass is 408 g/mol. The Morgan fingerprint density at radius 3 is 2.53 bits per heavy atom. The van der Waals surface area contributed by atoms with Crippen molar-refractivity contribution >= 4 is 22.7 Å². The molecule has 3 aromatic rings. The molecule has 0 aliphatic heterocycles. The number of H-pyrrole nitrogens is 1. The minimum atomic E-state index is -0.736. The summed E-state index contributed by atoms with van der Waals surface area (Å²) in [6.07, 6.45) is 0.140. The molecule has 1 atom stereocenters. The number of aromatic amines is 1. The maximum Gasteiger partial charge on any atom is 0.306 e. The van der Waals surface area contributed by atoms with Crippen molar-refractivity contribution in [2.75, 3.05) is 6.61 Å². The Kier molecular flexibility index (Phi) is 6.95. The molecule has 0 spiro atoms. The normalized spacial score (nSPS) is 11.8. The lowest BCUT2D eigenvalue weighted by Crippen LogP contribution is -2.17. The summed E-state index contributed by atoms with van der Waals surface area (Å²) in [7, 11) is 0. The molecule has 156 valence electrons. The van der Waals surface area contributed by atoms with Crippen molar-refractivity contribution in [1.29, 1.82) is 0 Å². The molecule has 0 radical (unpaired) electrons. The average Bonchev–Trinajstić information content (AvgIpc) is 2.76. The van der Waals surface area contributed by atoms with E-state index < -0.39 is 12.1 Å². The maximum absolute atomic E-state index is 12.3. The van der Waals surface area contributed by atoms with Gasteiger partial charge in [0, 0.05) is 12.0 Å². The highest BCUT2D eigenvalue weighted by atomic mass is 16.5. The van der Waals surface area contributed by atoms with Crippen LogP contribution in [0, 0.1) is 0 Å². The van der Waals surface area contributed by atoms with E-state index in [4.69, 9.17) is 9.47 Å². The van der Waals surface area contributed by atoms with Crippen molar-refractivity contribution in [2.45, 2.75) is 39.2 Å². The zero-order chi connectivity index (χ0) is 21.5. The zero-order valence-electron chi connectivity index (χ0n) is 17.0. The molecule has 0 saturated heterocycles. The number of ether oxygens (including phenoxy) is 2. The van der Waals surface area contributed by atoms with E-state index in [2.05, 4.69) is 9.97 Å². The third-order valence-electron chi connectivity index (χ3n) is 4.53. The summed E-state index contributed by atoms with van der Waals surface area (Å²) in [5.41, 5.74) is 0.751. The number of benzene rings is 2. The van der Waals surface area contributed by atoms with Gasteiger partial charge in [0.15, 0.2) is 17.7 Å². The predicted molar refractivity (Wildman–Crippen MR) is 113 cm³/mol. The van der Waals surface area contributed by atoms with Crippen molar-refractivity contribution in [2.24, 2.45) is 0 Å². The highest BCUT2D eigenvalue weighted by Crippen LogP contribution is 2.17. The van der Waals surface area contributed by atoms with Crippen molar-refractivity contribution in [3.05, 3.63) is 70.3 Å². The lowest BCUT2D eigenvalue weighted by atomic mass is 10.1. The van der Waals surface area contributed by atoms with Crippen molar-refractivity contribution in [3.8, 4) is 5.75 Å². The summed E-state index contributed by atoms with van der Waals surface area (Å²) in [6.45, 7) is 4.27. The second-order valence-electron chi connectivity index (χ2n) is 6.90. The molecule has 1 aromatic heterocycles. The van der Waals surface area contributed by atoms with Crippen molar-refractivity contribution < 1.29 is 19.1 Å². The van der Waals surface area contributed by atoms with Crippen molar-refractivity contribution in [3.63, 3.8) is 0 Å². The fraction of sp³-hybridized carbons (Fsp3) is 0.304. The van der Waals surface area contributed by atoms with E-state index in [0.29, 0.717) is 28.8 Å². The standard InChI is InChI=1S/C23H24N2O5/c1-3-14-29-17-10-8-16(9-11-17)20(26)12-13-21(27)30-15(2)22-24-19-7-5-4-6-18(19)23(28)25-22/h4-11,15H,3,12-14H2,1-2H3,(H,24,25,28). The fourth-order valence-corrected chi connectivity index (χ4v) is 2.93. The van der Waals surface area contributed by atoms with Crippen LogP contribution in [-0.2, 0) is 9.53 Å². The molecule has 3 rings (SSSR count). The van der Waals surface area contributed by atoms with Gasteiger partial charge in [0.25, 0.3) is 5.56 Å². The summed E-state index contributed by atoms with van der Waals surface area (Å²) in [5.74, 6) is 0.285. The molecule has 7 nitrogen and oxygen atoms in total. The molecule has 1 unspecified atom stereocenters. The Morgan fingerprint density at radius 1 is 1.07 bits per heavy atom. The van der Waals surface area contributed by atoms with Gasteiger partial charge in [-0.15, -0.1) is 0 Å². The SMILES string of the molecule is CCCOc1ccc(C(=O)CCC(=O)OC(C)c2nc3ccccc3c(=O)[nH]2)cc1. The molecule has 1 N–H and O–H groups in total. The second kappa shape index (κ2) is 9.82. The third-order valence-corrected chi connectivity index (χ3v) is 4.53. The highest BCUT2D eigenvalue weighted by Gasteiger charge is 2.17. The number of ketones is 1. The Bertz CT molecular complexity index is 1090. The molecule has 30 heavy (non-hydrogen) atoms. The smallest absolute Gasteiger partial charge is 0.306 e. The van der Waals surface area contributed by atoms with Crippen LogP contribution in [0.3, 0.4) is 0 Å². The fourth-order valence-electron chi connectivity index (χ4n) is 2.93. The number of hydrogen-bond acceptors (Lipinski definition) is 6. The van der Waals surface area contributed by atoms with Gasteiger partial charge in [-0.3, -0.25) is 14.4 Å². The van der Waals surface area contributed by atoms with Crippen LogP contribution in [0.5, 0.6) is 5.75 Å². The van der Waals surface area contributed by atoms with Crippen LogP contribution in [0.15, 0.2) is 53.3 Å². The van der Waals surface area contributed by atoms with Gasteiger partial charge in [-0.25, -0.2) is 4.98 Å². The van der Waals surface area contributed by atoms with Gasteiger partial charge in [-0.2, -0.15) is 0 Å². The van der Waals surface area contributed by atoms with E-state index in [-0.39, 0.29) is 30.0 Å². The van der Waals surface area contributed by atoms with E-state index in [0.717, 1.165) is 6.42 Å². The zero-order valence-corrected chi connectivity index (χ0v) is 17.0. The van der Waals surface area contributed by atoms with Gasteiger partial charge >= 0.3 is 5.97 Å². The first-order valence-electron chi connectivity index (χ1n) is 9.92. The molecule has 7 heteroatoms. The van der Waals surface area contributed by atoms with Crippen LogP contribution in [0.2, 0.25) is 0 Å². The number of hydrogen-bond donors (Lipinski definition) is 1. The number of Topliss-reactive ketones (excluding diaryl/α,β-unsaturated/α-hetero) is 1. The first kappa shape index (κ1) is 21.2. The summed E-state index contributed by atoms with van der Waals surface area (Å²) >= 11 is 0. The molecular weight excluding hydrogens is 384 g/mol. The van der Waals surface area contributed by atoms with Crippen LogP contribution >= 0.6 is 0 Å². The van der Waals surface area contributed by atoms with E-state index in [1.807, 2.05) is 6.92 Å². The highest BCUT2D eigenvalue weighted by molar-refractivity contribution is 5.97. The number of carbonyl (C=O) groups is 2. The van der Waals surface area contributed by atoms with Gasteiger partial charge in [-0.1, -0.05) is 19.1 Å². The number of nitrogens with zero attached hydrogens (tertiary/aromatic N) is 1. The molecule has 2 aromatic carbocycles. The first-order valence-corrected chi connectivity index (χ1v) is 9.92. The largest absolute Gasteiger partial charge is 0.494 e. The second-order valence-corrected chi connectivity index (χ2v) is 6.90. The summed E-state index contributed by atoms with van der Waals surface area (Å²) < 4.78 is 10.8. The van der Waals surface area contributed by atoms with E-state index in [1.165, 1.54) is 0 Å². The molecule has 0 bridgehead atoms. The number of aromatic nitrogens is 2. The minimum Gasteiger partial charge on any atom is -0.494 e. The number of para-hydroxylation sites is 1. The maximum atomic E-state index is 12.3. The van der Waals surface area contributed by atoms with Crippen molar-refractivity contribution in [1.82, 2.24) is 9.97 Å². The molecular formula is C23H24N2O5. The lowest BCUT2D eigenvalue weighted by Gasteiger charge is -2.13. The molecule has 0 aliphatic rings. The van der Waals surface area contributed by atoms with Crippen LogP contribution in [0.25, 0.3) is 10.9 Å². The van der Waals surface area contributed by atoms with Gasteiger partial charge < -0.3 is 14.5 Å². The van der Waals surface area contributed by atoms with Gasteiger partial charge in [-0.05, 0) is 49.7 Å². The van der Waals surface area contributed by atoms with Crippen LogP contribution in [-0.4, -0.2) is 28.3 Å². The van der Waals surface area contributed by atoms with E-state index >= 15 is 0 Å². The van der Waals surface area contributed by atoms with Crippen LogP contribution in [0.1, 0.15) is 55.4 Å². The van der Waals surface area contributed by atoms with Gasteiger partial charge in [0.05, 0.1) is 23.9 Å². The van der Waals surface area contributed by atoms with Gasteiger partial charge in [0.1, 0.15) is 5.75 Å². The Balaban J connectivity index is 1.55. The quantitative estimate of drug-likeness (QED) is 0.425. The topological polar surface area (TPSA) is 98.3 Å². The number of esters is 1. The molecule has 0 saturated carbocycles. The number of carbonyl (C=O) groups excluding carboxylic acids is 2. The van der Waals surface area contributed by atoms with Gasteiger partial charge in [0.2, 0.25) is 0 Å².